The summed E-state index contributed by atoms with van der Waals surface area (Å²) in [5, 5.41) is 3.00. The molecule has 3 N–H and O–H groups in total. The van der Waals surface area contributed by atoms with Crippen molar-refractivity contribution in [2.24, 2.45) is 17.1 Å². The molecule has 1 aliphatic rings. The maximum Gasteiger partial charge on any atom is 0.237 e. The normalized spacial score (nSPS) is 23.4. The molecular weight excluding hydrogens is 226 g/mol. The van der Waals surface area contributed by atoms with E-state index < -0.39 is 6.04 Å². The van der Waals surface area contributed by atoms with Crippen molar-refractivity contribution in [1.29, 1.82) is 0 Å². The van der Waals surface area contributed by atoms with Crippen LogP contribution in [0.3, 0.4) is 0 Å². The van der Waals surface area contributed by atoms with E-state index >= 15 is 0 Å². The molecule has 0 aromatic heterocycles. The molecule has 0 aliphatic carbocycles. The first kappa shape index (κ1) is 15.4. The molecule has 0 spiro atoms. The highest BCUT2D eigenvalue weighted by Gasteiger charge is 2.29. The van der Waals surface area contributed by atoms with Crippen molar-refractivity contribution < 1.29 is 4.79 Å². The van der Waals surface area contributed by atoms with Gasteiger partial charge in [0.15, 0.2) is 0 Å². The highest BCUT2D eigenvalue weighted by molar-refractivity contribution is 5.82. The van der Waals surface area contributed by atoms with Crippen molar-refractivity contribution >= 4 is 5.91 Å². The monoisotopic (exact) mass is 255 g/mol. The van der Waals surface area contributed by atoms with Gasteiger partial charge in [0.1, 0.15) is 0 Å². The summed E-state index contributed by atoms with van der Waals surface area (Å²) in [4.78, 5) is 14.4. The van der Waals surface area contributed by atoms with Gasteiger partial charge in [-0.15, -0.1) is 0 Å². The molecule has 1 saturated heterocycles. The maximum atomic E-state index is 11.9. The first-order valence-corrected chi connectivity index (χ1v) is 6.99. The Balaban J connectivity index is 2.32. The van der Waals surface area contributed by atoms with Crippen LogP contribution in [0, 0.1) is 11.3 Å². The molecular formula is C14H29N3O. The van der Waals surface area contributed by atoms with E-state index in [4.69, 9.17) is 5.73 Å². The minimum absolute atomic E-state index is 0.0227. The Labute approximate surface area is 111 Å². The summed E-state index contributed by atoms with van der Waals surface area (Å²) in [7, 11) is 0. The molecule has 1 fully saturated rings. The third kappa shape index (κ3) is 4.25. The first-order chi connectivity index (χ1) is 8.21. The summed E-state index contributed by atoms with van der Waals surface area (Å²) in [5.41, 5.74) is 5.76. The number of nitrogens with two attached hydrogens (primary N) is 1. The van der Waals surface area contributed by atoms with Crippen molar-refractivity contribution in [2.75, 3.05) is 19.6 Å². The second kappa shape index (κ2) is 6.02. The number of carbonyl (C=O) groups is 1. The number of nitrogens with one attached hydrogen (secondary N) is 1. The lowest BCUT2D eigenvalue weighted by Crippen LogP contribution is -2.49. The van der Waals surface area contributed by atoms with Gasteiger partial charge in [-0.3, -0.25) is 4.79 Å². The average molecular weight is 255 g/mol. The van der Waals surface area contributed by atoms with E-state index in [9.17, 15) is 4.79 Å². The fraction of sp³-hybridized carbons (Fsp3) is 0.929. The van der Waals surface area contributed by atoms with Crippen molar-refractivity contribution in [3.63, 3.8) is 0 Å². The van der Waals surface area contributed by atoms with Crippen molar-refractivity contribution in [1.82, 2.24) is 10.2 Å². The molecule has 0 radical (unpaired) electrons. The van der Waals surface area contributed by atoms with Crippen LogP contribution in [0.4, 0.5) is 0 Å². The summed E-state index contributed by atoms with van der Waals surface area (Å²) in [5.74, 6) is 0.550. The van der Waals surface area contributed by atoms with E-state index in [-0.39, 0.29) is 11.3 Å². The van der Waals surface area contributed by atoms with Crippen LogP contribution in [-0.2, 0) is 4.79 Å². The van der Waals surface area contributed by atoms with Crippen LogP contribution in [0.25, 0.3) is 0 Å². The predicted molar refractivity (Wildman–Crippen MR) is 75.3 cm³/mol. The molecule has 4 heteroatoms. The quantitative estimate of drug-likeness (QED) is 0.794. The smallest absolute Gasteiger partial charge is 0.237 e. The van der Waals surface area contributed by atoms with E-state index in [1.807, 2.05) is 20.8 Å². The average Bonchev–Trinajstić information content (AvgIpc) is 2.72. The highest BCUT2D eigenvalue weighted by atomic mass is 16.2. The Morgan fingerprint density at radius 1 is 1.44 bits per heavy atom. The minimum Gasteiger partial charge on any atom is -0.354 e. The molecule has 1 aliphatic heterocycles. The molecule has 1 amide bonds. The van der Waals surface area contributed by atoms with Crippen molar-refractivity contribution in [3.8, 4) is 0 Å². The van der Waals surface area contributed by atoms with Gasteiger partial charge in [-0.1, -0.05) is 20.8 Å². The van der Waals surface area contributed by atoms with Gasteiger partial charge < -0.3 is 16.0 Å². The van der Waals surface area contributed by atoms with Gasteiger partial charge in [0.2, 0.25) is 5.91 Å². The van der Waals surface area contributed by atoms with Crippen LogP contribution >= 0.6 is 0 Å². The van der Waals surface area contributed by atoms with E-state index in [0.29, 0.717) is 12.0 Å². The van der Waals surface area contributed by atoms with Crippen LogP contribution in [-0.4, -0.2) is 42.5 Å². The molecule has 18 heavy (non-hydrogen) atoms. The van der Waals surface area contributed by atoms with Crippen LogP contribution in [0.1, 0.15) is 41.0 Å². The van der Waals surface area contributed by atoms with Gasteiger partial charge in [0, 0.05) is 19.1 Å². The molecule has 106 valence electrons. The third-order valence-corrected chi connectivity index (χ3v) is 3.83. The molecule has 1 rings (SSSR count). The lowest BCUT2D eigenvalue weighted by atomic mass is 9.87. The van der Waals surface area contributed by atoms with Crippen LogP contribution in [0.2, 0.25) is 0 Å². The van der Waals surface area contributed by atoms with E-state index in [1.54, 1.807) is 0 Å². The molecule has 4 nitrogen and oxygen atoms in total. The number of nitrogens with zero attached hydrogens (tertiary/aromatic N) is 1. The molecule has 0 bridgehead atoms. The van der Waals surface area contributed by atoms with Gasteiger partial charge in [-0.25, -0.2) is 0 Å². The summed E-state index contributed by atoms with van der Waals surface area (Å²) >= 11 is 0. The minimum atomic E-state index is -0.430. The molecule has 0 saturated carbocycles. The van der Waals surface area contributed by atoms with Gasteiger partial charge in [-0.2, -0.15) is 0 Å². The van der Waals surface area contributed by atoms with Gasteiger partial charge in [0.05, 0.1) is 6.04 Å². The summed E-state index contributed by atoms with van der Waals surface area (Å²) < 4.78 is 0. The fourth-order valence-corrected chi connectivity index (χ4v) is 2.25. The van der Waals surface area contributed by atoms with Crippen LogP contribution in [0.5, 0.6) is 0 Å². The summed E-state index contributed by atoms with van der Waals surface area (Å²) in [6.07, 6.45) is 1.17. The summed E-state index contributed by atoms with van der Waals surface area (Å²) in [6.45, 7) is 13.4. The van der Waals surface area contributed by atoms with Crippen molar-refractivity contribution in [2.45, 2.75) is 53.1 Å². The zero-order valence-corrected chi connectivity index (χ0v) is 12.5. The predicted octanol–water partition coefficient (Wildman–Crippen LogP) is 1.21. The Morgan fingerprint density at radius 3 is 2.50 bits per heavy atom. The highest BCUT2D eigenvalue weighted by Crippen LogP contribution is 2.19. The van der Waals surface area contributed by atoms with Gasteiger partial charge in [-0.05, 0) is 38.1 Å². The van der Waals surface area contributed by atoms with Crippen molar-refractivity contribution in [3.05, 3.63) is 0 Å². The largest absolute Gasteiger partial charge is 0.354 e. The zero-order chi connectivity index (χ0) is 13.9. The van der Waals surface area contributed by atoms with E-state index in [1.165, 1.54) is 6.42 Å². The third-order valence-electron chi connectivity index (χ3n) is 3.83. The summed E-state index contributed by atoms with van der Waals surface area (Å²) in [6, 6.07) is 0.169. The Hall–Kier alpha value is -0.610. The molecule has 1 unspecified atom stereocenters. The fourth-order valence-electron chi connectivity index (χ4n) is 2.25. The second-order valence-electron chi connectivity index (χ2n) is 6.83. The number of rotatable bonds is 4. The molecule has 2 atom stereocenters. The number of hydrogen-bond acceptors (Lipinski definition) is 3. The van der Waals surface area contributed by atoms with E-state index in [2.05, 4.69) is 24.1 Å². The topological polar surface area (TPSA) is 58.4 Å². The number of likely N-dealkylation sites (tertiary alicyclic amines) is 1. The van der Waals surface area contributed by atoms with E-state index in [0.717, 1.165) is 19.6 Å². The maximum absolute atomic E-state index is 11.9. The first-order valence-electron chi connectivity index (χ1n) is 6.99. The lowest BCUT2D eigenvalue weighted by molar-refractivity contribution is -0.124. The second-order valence-corrected chi connectivity index (χ2v) is 6.83. The molecule has 0 aromatic carbocycles. The number of hydrogen-bond donors (Lipinski definition) is 2. The van der Waals surface area contributed by atoms with Crippen LogP contribution in [0.15, 0.2) is 0 Å². The Bertz CT molecular complexity index is 283. The number of amides is 1. The SMILES string of the molecule is CC(C)N1CCC(CNC(=O)[C@@H](N)C(C)(C)C)C1. The lowest BCUT2D eigenvalue weighted by Gasteiger charge is -2.26. The Kier molecular flexibility index (Phi) is 5.17. The molecule has 1 heterocycles. The zero-order valence-electron chi connectivity index (χ0n) is 12.5. The number of carbonyl (C=O) groups excluding carboxylic acids is 1. The van der Waals surface area contributed by atoms with Gasteiger partial charge in [0.25, 0.3) is 0 Å². The standard InChI is InChI=1S/C14H29N3O/c1-10(2)17-7-6-11(9-17)8-16-13(18)12(15)14(3,4)5/h10-12H,6-9,15H2,1-5H3,(H,16,18)/t11?,12-/m1/s1. The Morgan fingerprint density at radius 2 is 2.06 bits per heavy atom. The van der Waals surface area contributed by atoms with Gasteiger partial charge >= 0.3 is 0 Å². The van der Waals surface area contributed by atoms with Crippen LogP contribution < -0.4 is 11.1 Å². The molecule has 0 aromatic rings.